The summed E-state index contributed by atoms with van der Waals surface area (Å²) in [6.45, 7) is 3.64. The standard InChI is InChI=1S/C23H28ClN7O2S/c24-16-6-25-20(26-7-16)30-8-14-10-31(11-15(14)9-30)21-27-18-17(34(33)13-22(18)4-5-22)19(28-21)29-23(12-32)2-1-3-23/h6-7,14-15,32H,1-5,8-13H2,(H,27,28,29). The predicted octanol–water partition coefficient (Wildman–Crippen LogP) is 1.97. The summed E-state index contributed by atoms with van der Waals surface area (Å²) in [5.41, 5.74) is 0.612. The first-order valence-corrected chi connectivity index (χ1v) is 13.8. The van der Waals surface area contributed by atoms with Crippen molar-refractivity contribution in [3.05, 3.63) is 23.1 Å². The summed E-state index contributed by atoms with van der Waals surface area (Å²) >= 11 is 5.95. The molecule has 2 saturated carbocycles. The maximum atomic E-state index is 13.1. The van der Waals surface area contributed by atoms with E-state index >= 15 is 0 Å². The SMILES string of the molecule is O=S1CC2(CC2)c2nc(N3CC4CN(c5ncc(Cl)cn5)CC4C3)nc(NC3(CO)CCC3)c21. The number of rotatable bonds is 5. The van der Waals surface area contributed by atoms with E-state index in [1.807, 2.05) is 0 Å². The molecule has 3 atom stereocenters. The lowest BCUT2D eigenvalue weighted by atomic mass is 9.77. The molecule has 0 bridgehead atoms. The molecule has 34 heavy (non-hydrogen) atoms. The Morgan fingerprint density at radius 3 is 2.24 bits per heavy atom. The van der Waals surface area contributed by atoms with Crippen molar-refractivity contribution in [1.29, 1.82) is 0 Å². The zero-order valence-electron chi connectivity index (χ0n) is 18.9. The van der Waals surface area contributed by atoms with Crippen molar-refractivity contribution >= 4 is 40.1 Å². The van der Waals surface area contributed by atoms with Crippen molar-refractivity contribution in [1.82, 2.24) is 19.9 Å². The fourth-order valence-corrected chi connectivity index (χ4v) is 8.09. The van der Waals surface area contributed by atoms with Gasteiger partial charge in [-0.15, -0.1) is 0 Å². The molecule has 2 N–H and O–H groups in total. The number of hydrogen-bond acceptors (Lipinski definition) is 9. The first-order chi connectivity index (χ1) is 16.5. The Labute approximate surface area is 205 Å². The van der Waals surface area contributed by atoms with Gasteiger partial charge >= 0.3 is 0 Å². The van der Waals surface area contributed by atoms with Crippen LogP contribution < -0.4 is 15.1 Å². The number of halogens is 1. The van der Waals surface area contributed by atoms with Crippen molar-refractivity contribution in [2.75, 3.05) is 53.7 Å². The molecular formula is C23H28ClN7O2S. The Balaban J connectivity index is 1.16. The lowest BCUT2D eigenvalue weighted by Gasteiger charge is -2.41. The van der Waals surface area contributed by atoms with Crippen LogP contribution in [0.4, 0.5) is 17.7 Å². The molecule has 5 heterocycles. The molecule has 2 aromatic heterocycles. The second-order valence-electron chi connectivity index (χ2n) is 10.8. The molecule has 0 amide bonds. The van der Waals surface area contributed by atoms with Crippen molar-refractivity contribution in [2.45, 2.75) is 48.0 Å². The highest BCUT2D eigenvalue weighted by molar-refractivity contribution is 7.85. The van der Waals surface area contributed by atoms with E-state index in [0.717, 1.165) is 80.8 Å². The molecule has 2 aromatic rings. The zero-order valence-corrected chi connectivity index (χ0v) is 20.5. The number of fused-ring (bicyclic) bond motifs is 3. The predicted molar refractivity (Wildman–Crippen MR) is 130 cm³/mol. The van der Waals surface area contributed by atoms with E-state index in [1.165, 1.54) is 0 Å². The monoisotopic (exact) mass is 501 g/mol. The third kappa shape index (κ3) is 3.25. The fourth-order valence-electron chi connectivity index (χ4n) is 6.13. The number of hydrogen-bond donors (Lipinski definition) is 2. The highest BCUT2D eigenvalue weighted by Gasteiger charge is 2.55. The van der Waals surface area contributed by atoms with E-state index < -0.39 is 10.8 Å². The molecule has 2 saturated heterocycles. The molecule has 2 aliphatic carbocycles. The first kappa shape index (κ1) is 21.3. The summed E-state index contributed by atoms with van der Waals surface area (Å²) in [5.74, 6) is 3.80. The molecule has 9 nitrogen and oxygen atoms in total. The summed E-state index contributed by atoms with van der Waals surface area (Å²) in [6, 6.07) is 0. The van der Waals surface area contributed by atoms with Crippen molar-refractivity contribution in [3.8, 4) is 0 Å². The normalized spacial score (nSPS) is 29.8. The molecule has 0 radical (unpaired) electrons. The van der Waals surface area contributed by atoms with Crippen LogP contribution in [-0.2, 0) is 16.2 Å². The van der Waals surface area contributed by atoms with Crippen LogP contribution in [-0.4, -0.2) is 73.3 Å². The van der Waals surface area contributed by atoms with Gasteiger partial charge in [-0.25, -0.2) is 15.0 Å². The van der Waals surface area contributed by atoms with Gasteiger partial charge in [0.1, 0.15) is 10.7 Å². The first-order valence-electron chi connectivity index (χ1n) is 12.1. The van der Waals surface area contributed by atoms with E-state index in [0.29, 0.717) is 28.4 Å². The Morgan fingerprint density at radius 1 is 1.03 bits per heavy atom. The van der Waals surface area contributed by atoms with Gasteiger partial charge in [-0.05, 0) is 32.1 Å². The van der Waals surface area contributed by atoms with Crippen molar-refractivity contribution in [2.24, 2.45) is 11.8 Å². The van der Waals surface area contributed by atoms with Crippen LogP contribution >= 0.6 is 11.6 Å². The number of nitrogens with zero attached hydrogens (tertiary/aromatic N) is 6. The van der Waals surface area contributed by atoms with Crippen LogP contribution in [0.25, 0.3) is 0 Å². The summed E-state index contributed by atoms with van der Waals surface area (Å²) < 4.78 is 13.1. The topological polar surface area (TPSA) is 107 Å². The largest absolute Gasteiger partial charge is 0.394 e. The Morgan fingerprint density at radius 2 is 1.68 bits per heavy atom. The van der Waals surface area contributed by atoms with Gasteiger partial charge in [-0.2, -0.15) is 4.98 Å². The van der Waals surface area contributed by atoms with Crippen LogP contribution in [0.1, 0.15) is 37.8 Å². The zero-order chi connectivity index (χ0) is 23.1. The van der Waals surface area contributed by atoms with E-state index in [1.54, 1.807) is 12.4 Å². The maximum Gasteiger partial charge on any atom is 0.227 e. The molecule has 1 spiro atoms. The number of aliphatic hydroxyl groups is 1. The lowest BCUT2D eigenvalue weighted by Crippen LogP contribution is -2.48. The van der Waals surface area contributed by atoms with Crippen LogP contribution in [0.2, 0.25) is 5.02 Å². The molecular weight excluding hydrogens is 474 g/mol. The molecule has 4 fully saturated rings. The van der Waals surface area contributed by atoms with E-state index in [2.05, 4.69) is 25.1 Å². The fraction of sp³-hybridized carbons (Fsp3) is 0.652. The molecule has 3 aliphatic heterocycles. The number of aliphatic hydroxyl groups excluding tert-OH is 1. The van der Waals surface area contributed by atoms with Gasteiger partial charge in [0, 0.05) is 49.2 Å². The smallest absolute Gasteiger partial charge is 0.227 e. The summed E-state index contributed by atoms with van der Waals surface area (Å²) in [4.78, 5) is 24.1. The number of aromatic nitrogens is 4. The second kappa shape index (κ2) is 7.48. The summed E-state index contributed by atoms with van der Waals surface area (Å²) in [5, 5.41) is 14.1. The Bertz CT molecular complexity index is 1150. The van der Waals surface area contributed by atoms with Gasteiger partial charge in [-0.1, -0.05) is 11.6 Å². The van der Waals surface area contributed by atoms with Crippen molar-refractivity contribution < 1.29 is 9.32 Å². The third-order valence-electron chi connectivity index (χ3n) is 8.50. The lowest BCUT2D eigenvalue weighted by molar-refractivity contribution is 0.143. The van der Waals surface area contributed by atoms with Crippen molar-refractivity contribution in [3.63, 3.8) is 0 Å². The maximum absolute atomic E-state index is 13.1. The number of anilines is 3. The molecule has 180 valence electrons. The Hall–Kier alpha value is -2.04. The van der Waals surface area contributed by atoms with E-state index in [9.17, 15) is 9.32 Å². The van der Waals surface area contributed by atoms with Gasteiger partial charge < -0.3 is 20.2 Å². The average Bonchev–Trinajstić information content (AvgIpc) is 3.16. The average molecular weight is 502 g/mol. The van der Waals surface area contributed by atoms with E-state index in [-0.39, 0.29) is 17.6 Å². The molecule has 11 heteroatoms. The van der Waals surface area contributed by atoms with Crippen LogP contribution in [0.5, 0.6) is 0 Å². The summed E-state index contributed by atoms with van der Waals surface area (Å²) in [7, 11) is -1.09. The third-order valence-corrected chi connectivity index (χ3v) is 10.4. The van der Waals surface area contributed by atoms with Gasteiger partial charge in [0.15, 0.2) is 0 Å². The number of nitrogens with one attached hydrogen (secondary N) is 1. The Kier molecular flexibility index (Phi) is 4.68. The summed E-state index contributed by atoms with van der Waals surface area (Å²) in [6.07, 6.45) is 8.30. The molecule has 5 aliphatic rings. The minimum Gasteiger partial charge on any atom is -0.394 e. The second-order valence-corrected chi connectivity index (χ2v) is 12.6. The van der Waals surface area contributed by atoms with Gasteiger partial charge in [0.05, 0.1) is 46.1 Å². The minimum absolute atomic E-state index is 0.0291. The van der Waals surface area contributed by atoms with Gasteiger partial charge in [0.25, 0.3) is 0 Å². The van der Waals surface area contributed by atoms with Crippen LogP contribution in [0, 0.1) is 11.8 Å². The van der Waals surface area contributed by atoms with Gasteiger partial charge in [0.2, 0.25) is 11.9 Å². The van der Waals surface area contributed by atoms with Crippen LogP contribution in [0.3, 0.4) is 0 Å². The minimum atomic E-state index is -1.09. The molecule has 3 unspecified atom stereocenters. The van der Waals surface area contributed by atoms with Gasteiger partial charge in [-0.3, -0.25) is 4.21 Å². The van der Waals surface area contributed by atoms with E-state index in [4.69, 9.17) is 21.6 Å². The highest BCUT2D eigenvalue weighted by atomic mass is 35.5. The highest BCUT2D eigenvalue weighted by Crippen LogP contribution is 2.56. The molecule has 7 rings (SSSR count). The van der Waals surface area contributed by atoms with Crippen LogP contribution in [0.15, 0.2) is 17.3 Å². The quantitative estimate of drug-likeness (QED) is 0.635. The molecule has 0 aromatic carbocycles.